The molecule has 0 bridgehead atoms. The molecule has 128 valence electrons. The largest absolute Gasteiger partial charge is 0.325 e. The Morgan fingerprint density at radius 2 is 1.83 bits per heavy atom. The normalized spacial score (nSPS) is 11.2. The molecule has 0 aromatic heterocycles. The summed E-state index contributed by atoms with van der Waals surface area (Å²) in [6.07, 6.45) is 3.15. The van der Waals surface area contributed by atoms with E-state index in [4.69, 9.17) is 0 Å². The van der Waals surface area contributed by atoms with E-state index in [0.717, 1.165) is 10.5 Å². The molecule has 1 N–H and O–H groups in total. The second kappa shape index (κ2) is 8.89. The molecule has 0 aliphatic carbocycles. The van der Waals surface area contributed by atoms with Gasteiger partial charge in [-0.1, -0.05) is 36.4 Å². The molecule has 0 saturated carbocycles. The lowest BCUT2D eigenvalue weighted by Crippen LogP contribution is -2.24. The van der Waals surface area contributed by atoms with Gasteiger partial charge in [-0.25, -0.2) is 8.42 Å². The van der Waals surface area contributed by atoms with Gasteiger partial charge in [-0.2, -0.15) is 0 Å². The summed E-state index contributed by atoms with van der Waals surface area (Å²) in [5.74, 6) is -0.959. The van der Waals surface area contributed by atoms with Gasteiger partial charge in [0.25, 0.3) is 0 Å². The van der Waals surface area contributed by atoms with Crippen molar-refractivity contribution in [3.05, 3.63) is 60.2 Å². The fourth-order valence-electron chi connectivity index (χ4n) is 2.31. The number of thioether (sulfide) groups is 1. The summed E-state index contributed by atoms with van der Waals surface area (Å²) in [6, 6.07) is 17.1. The Morgan fingerprint density at radius 1 is 1.08 bits per heavy atom. The van der Waals surface area contributed by atoms with Crippen molar-refractivity contribution in [2.75, 3.05) is 23.1 Å². The van der Waals surface area contributed by atoms with Gasteiger partial charge in [0.1, 0.15) is 5.75 Å². The number of carbonyl (C=O) groups is 1. The van der Waals surface area contributed by atoms with Crippen LogP contribution in [0, 0.1) is 0 Å². The van der Waals surface area contributed by atoms with Crippen molar-refractivity contribution in [2.45, 2.75) is 17.7 Å². The van der Waals surface area contributed by atoms with Crippen LogP contribution in [0.1, 0.15) is 12.0 Å². The molecule has 0 fully saturated rings. The Hall–Kier alpha value is -1.79. The standard InChI is InChI=1S/C18H21NO3S2/c1-23-17-11-5-10-16(13-17)19-18(20)14-24(21,22)12-6-9-15-7-3-2-4-8-15/h2-5,7-8,10-11,13H,6,9,12,14H2,1H3,(H,19,20). The predicted octanol–water partition coefficient (Wildman–Crippen LogP) is 3.39. The van der Waals surface area contributed by atoms with Gasteiger partial charge in [0.15, 0.2) is 9.84 Å². The highest BCUT2D eigenvalue weighted by Gasteiger charge is 2.16. The zero-order valence-electron chi connectivity index (χ0n) is 13.6. The van der Waals surface area contributed by atoms with Crippen LogP contribution in [0.2, 0.25) is 0 Å². The zero-order chi connectivity index (χ0) is 17.4. The van der Waals surface area contributed by atoms with E-state index < -0.39 is 21.5 Å². The lowest BCUT2D eigenvalue weighted by molar-refractivity contribution is -0.113. The second-order valence-corrected chi connectivity index (χ2v) is 8.53. The van der Waals surface area contributed by atoms with Gasteiger partial charge in [0, 0.05) is 10.6 Å². The average Bonchev–Trinajstić information content (AvgIpc) is 2.55. The van der Waals surface area contributed by atoms with Crippen molar-refractivity contribution in [1.82, 2.24) is 0 Å². The van der Waals surface area contributed by atoms with E-state index in [2.05, 4.69) is 5.32 Å². The highest BCUT2D eigenvalue weighted by Crippen LogP contribution is 2.19. The molecular weight excluding hydrogens is 342 g/mol. The Kier molecular flexibility index (Phi) is 6.87. The molecule has 0 saturated heterocycles. The highest BCUT2D eigenvalue weighted by molar-refractivity contribution is 7.98. The topological polar surface area (TPSA) is 63.2 Å². The number of rotatable bonds is 8. The van der Waals surface area contributed by atoms with Crippen molar-refractivity contribution >= 4 is 33.2 Å². The summed E-state index contributed by atoms with van der Waals surface area (Å²) < 4.78 is 24.2. The predicted molar refractivity (Wildman–Crippen MR) is 100 cm³/mol. The van der Waals surface area contributed by atoms with Crippen molar-refractivity contribution < 1.29 is 13.2 Å². The molecule has 0 heterocycles. The van der Waals surface area contributed by atoms with Crippen molar-refractivity contribution in [3.63, 3.8) is 0 Å². The van der Waals surface area contributed by atoms with E-state index in [1.165, 1.54) is 0 Å². The van der Waals surface area contributed by atoms with Crippen LogP contribution in [0.25, 0.3) is 0 Å². The fraction of sp³-hybridized carbons (Fsp3) is 0.278. The van der Waals surface area contributed by atoms with Gasteiger partial charge in [0.2, 0.25) is 5.91 Å². The maximum absolute atomic E-state index is 12.1. The smallest absolute Gasteiger partial charge is 0.239 e. The lowest BCUT2D eigenvalue weighted by Gasteiger charge is -2.07. The summed E-state index contributed by atoms with van der Waals surface area (Å²) in [5, 5.41) is 2.65. The van der Waals surface area contributed by atoms with E-state index >= 15 is 0 Å². The van der Waals surface area contributed by atoms with Crippen molar-refractivity contribution in [1.29, 1.82) is 0 Å². The first-order valence-corrected chi connectivity index (χ1v) is 10.7. The van der Waals surface area contributed by atoms with Crippen LogP contribution >= 0.6 is 11.8 Å². The molecule has 0 unspecified atom stereocenters. The van der Waals surface area contributed by atoms with Crippen LogP contribution in [-0.4, -0.2) is 32.1 Å². The van der Waals surface area contributed by atoms with Crippen LogP contribution in [0.4, 0.5) is 5.69 Å². The van der Waals surface area contributed by atoms with E-state index in [0.29, 0.717) is 18.5 Å². The average molecular weight is 364 g/mol. The molecule has 2 rings (SSSR count). The van der Waals surface area contributed by atoms with Crippen LogP contribution in [0.15, 0.2) is 59.5 Å². The maximum atomic E-state index is 12.1. The third-order valence-electron chi connectivity index (χ3n) is 3.47. The molecule has 6 heteroatoms. The molecular formula is C18H21NO3S2. The molecule has 2 aromatic rings. The molecule has 2 aromatic carbocycles. The van der Waals surface area contributed by atoms with Crippen LogP contribution in [-0.2, 0) is 21.1 Å². The Balaban J connectivity index is 1.83. The Morgan fingerprint density at radius 3 is 2.54 bits per heavy atom. The number of sulfone groups is 1. The van der Waals surface area contributed by atoms with Crippen molar-refractivity contribution in [2.24, 2.45) is 0 Å². The fourth-order valence-corrected chi connectivity index (χ4v) is 3.97. The lowest BCUT2D eigenvalue weighted by atomic mass is 10.1. The number of carbonyl (C=O) groups excluding carboxylic acids is 1. The van der Waals surface area contributed by atoms with Crippen LogP contribution < -0.4 is 5.32 Å². The van der Waals surface area contributed by atoms with Gasteiger partial charge < -0.3 is 5.32 Å². The third-order valence-corrected chi connectivity index (χ3v) is 5.81. The summed E-state index contributed by atoms with van der Waals surface area (Å²) >= 11 is 1.56. The SMILES string of the molecule is CSc1cccc(NC(=O)CS(=O)(=O)CCCc2ccccc2)c1. The number of aryl methyl sites for hydroxylation is 1. The molecule has 0 aliphatic rings. The Bertz CT molecular complexity index is 774. The van der Waals surface area contributed by atoms with Gasteiger partial charge in [-0.15, -0.1) is 11.8 Å². The van der Waals surface area contributed by atoms with Crippen LogP contribution in [0.5, 0.6) is 0 Å². The number of nitrogens with one attached hydrogen (secondary N) is 1. The second-order valence-electron chi connectivity index (χ2n) is 5.46. The monoisotopic (exact) mass is 363 g/mol. The molecule has 0 spiro atoms. The first-order valence-electron chi connectivity index (χ1n) is 7.67. The quantitative estimate of drug-likeness (QED) is 0.730. The minimum Gasteiger partial charge on any atom is -0.325 e. The molecule has 1 amide bonds. The summed E-state index contributed by atoms with van der Waals surface area (Å²) in [7, 11) is -3.40. The summed E-state index contributed by atoms with van der Waals surface area (Å²) in [4.78, 5) is 13.0. The number of hydrogen-bond donors (Lipinski definition) is 1. The maximum Gasteiger partial charge on any atom is 0.239 e. The van der Waals surface area contributed by atoms with Gasteiger partial charge >= 0.3 is 0 Å². The van der Waals surface area contributed by atoms with Gasteiger partial charge in [-0.05, 0) is 42.9 Å². The summed E-state index contributed by atoms with van der Waals surface area (Å²) in [6.45, 7) is 0. The van der Waals surface area contributed by atoms with E-state index in [1.54, 1.807) is 17.8 Å². The molecule has 24 heavy (non-hydrogen) atoms. The van der Waals surface area contributed by atoms with Gasteiger partial charge in [0.05, 0.1) is 5.75 Å². The van der Waals surface area contributed by atoms with Gasteiger partial charge in [-0.3, -0.25) is 4.79 Å². The molecule has 0 radical (unpaired) electrons. The number of amides is 1. The zero-order valence-corrected chi connectivity index (χ0v) is 15.2. The molecule has 0 aliphatic heterocycles. The Labute approximate surface area is 147 Å². The minimum atomic E-state index is -3.40. The summed E-state index contributed by atoms with van der Waals surface area (Å²) in [5.41, 5.74) is 1.72. The molecule has 4 nitrogen and oxygen atoms in total. The number of benzene rings is 2. The minimum absolute atomic E-state index is 0.0141. The van der Waals surface area contributed by atoms with Crippen LogP contribution in [0.3, 0.4) is 0 Å². The number of anilines is 1. The molecule has 0 atom stereocenters. The van der Waals surface area contributed by atoms with E-state index in [1.807, 2.05) is 54.8 Å². The van der Waals surface area contributed by atoms with E-state index in [-0.39, 0.29) is 5.75 Å². The van der Waals surface area contributed by atoms with E-state index in [9.17, 15) is 13.2 Å². The number of hydrogen-bond acceptors (Lipinski definition) is 4. The highest BCUT2D eigenvalue weighted by atomic mass is 32.2. The first-order chi connectivity index (χ1) is 11.5. The third kappa shape index (κ3) is 6.37. The first kappa shape index (κ1) is 18.5. The van der Waals surface area contributed by atoms with Crippen molar-refractivity contribution in [3.8, 4) is 0 Å².